The molecule has 0 bridgehead atoms. The van der Waals surface area contributed by atoms with Crippen LogP contribution in [0.4, 0.5) is 0 Å². The summed E-state index contributed by atoms with van der Waals surface area (Å²) in [6, 6.07) is 38.9. The van der Waals surface area contributed by atoms with Gasteiger partial charge in [0, 0.05) is 17.1 Å². The molecule has 0 unspecified atom stereocenters. The van der Waals surface area contributed by atoms with E-state index in [0.717, 1.165) is 33.7 Å². The standard InChI is InChI=1S/C32H28N2O2.Cu/c35-31(27-17-9-3-10-18-27)23-29(25-13-5-1-6-14-25)33-21-22-34-30(26-15-7-2-8-16-26)24-32(36)28-19-11-4-12-20-28;/h1-20H,21-24H2;/p+2. The zero-order valence-corrected chi connectivity index (χ0v) is 21.4. The fraction of sp³-hybridized carbons (Fsp3) is 0.125. The van der Waals surface area contributed by atoms with Crippen molar-refractivity contribution in [3.8, 4) is 0 Å². The zero-order valence-electron chi connectivity index (χ0n) is 20.5. The Morgan fingerprint density at radius 2 is 0.703 bits per heavy atom. The van der Waals surface area contributed by atoms with Gasteiger partial charge in [0.2, 0.25) is 0 Å². The van der Waals surface area contributed by atoms with Crippen LogP contribution >= 0.6 is 0 Å². The summed E-state index contributed by atoms with van der Waals surface area (Å²) in [5, 5.41) is 0. The van der Waals surface area contributed by atoms with Crippen molar-refractivity contribution in [2.45, 2.75) is 12.8 Å². The van der Waals surface area contributed by atoms with Crippen molar-refractivity contribution in [1.29, 1.82) is 0 Å². The Kier molecular flexibility index (Phi) is 10.9. The minimum atomic E-state index is 0. The predicted octanol–water partition coefficient (Wildman–Crippen LogP) is 5.93. The third-order valence-electron chi connectivity index (χ3n) is 5.80. The van der Waals surface area contributed by atoms with Gasteiger partial charge in [0.1, 0.15) is 12.8 Å². The molecule has 4 aromatic rings. The van der Waals surface area contributed by atoms with Crippen molar-refractivity contribution in [3.63, 3.8) is 0 Å². The van der Waals surface area contributed by atoms with E-state index in [0.29, 0.717) is 25.9 Å². The van der Waals surface area contributed by atoms with E-state index in [1.807, 2.05) is 121 Å². The first-order valence-electron chi connectivity index (χ1n) is 12.1. The molecule has 37 heavy (non-hydrogen) atoms. The maximum absolute atomic E-state index is 10.7. The maximum atomic E-state index is 10.7. The number of aliphatic imine (C=N–C) groups is 2. The van der Waals surface area contributed by atoms with Crippen LogP contribution in [0.25, 0.3) is 0 Å². The van der Waals surface area contributed by atoms with Crippen molar-refractivity contribution in [2.75, 3.05) is 13.1 Å². The second kappa shape index (κ2) is 14.6. The Morgan fingerprint density at radius 3 is 1.00 bits per heavy atom. The smallest absolute Gasteiger partial charge is 0.287 e. The van der Waals surface area contributed by atoms with E-state index in [4.69, 9.17) is 9.98 Å². The van der Waals surface area contributed by atoms with Crippen LogP contribution in [-0.4, -0.2) is 45.7 Å². The molecule has 0 aliphatic rings. The molecular formula is C32H30CuN2O2+2. The Hall–Kier alpha value is -3.92. The van der Waals surface area contributed by atoms with E-state index in [1.165, 1.54) is 0 Å². The summed E-state index contributed by atoms with van der Waals surface area (Å²) < 4.78 is 0. The van der Waals surface area contributed by atoms with E-state index < -0.39 is 0 Å². The summed E-state index contributed by atoms with van der Waals surface area (Å²) in [6.07, 6.45) is 0.678. The minimum Gasteiger partial charge on any atom is -0.287 e. The van der Waals surface area contributed by atoms with Gasteiger partial charge in [-0.15, -0.1) is 0 Å². The summed E-state index contributed by atoms with van der Waals surface area (Å²) in [4.78, 5) is 31.1. The van der Waals surface area contributed by atoms with Gasteiger partial charge >= 0.3 is 11.6 Å². The van der Waals surface area contributed by atoms with Crippen molar-refractivity contribution in [3.05, 3.63) is 144 Å². The minimum absolute atomic E-state index is 0. The molecule has 0 aromatic heterocycles. The van der Waals surface area contributed by atoms with Crippen molar-refractivity contribution in [1.82, 2.24) is 0 Å². The molecule has 4 aromatic carbocycles. The monoisotopic (exact) mass is 537 g/mol. The molecule has 0 fully saturated rings. The van der Waals surface area contributed by atoms with E-state index >= 15 is 0 Å². The fourth-order valence-corrected chi connectivity index (χ4v) is 3.91. The molecule has 0 aliphatic carbocycles. The van der Waals surface area contributed by atoms with Gasteiger partial charge in [-0.25, -0.2) is 0 Å². The first-order chi connectivity index (χ1) is 17.7. The molecule has 0 amide bonds. The molecule has 0 heterocycles. The third-order valence-corrected chi connectivity index (χ3v) is 5.80. The van der Waals surface area contributed by atoms with Crippen LogP contribution in [0.15, 0.2) is 131 Å². The van der Waals surface area contributed by atoms with Crippen LogP contribution in [0, 0.1) is 0 Å². The summed E-state index contributed by atoms with van der Waals surface area (Å²) in [5.41, 5.74) is 5.15. The van der Waals surface area contributed by atoms with Gasteiger partial charge in [-0.3, -0.25) is 19.6 Å². The fourth-order valence-electron chi connectivity index (χ4n) is 3.91. The van der Waals surface area contributed by atoms with Gasteiger partial charge in [-0.05, 0) is 35.4 Å². The van der Waals surface area contributed by atoms with E-state index in [9.17, 15) is 9.59 Å². The van der Waals surface area contributed by atoms with E-state index in [1.54, 1.807) is 0 Å². The van der Waals surface area contributed by atoms with E-state index in [-0.39, 0.29) is 28.6 Å². The van der Waals surface area contributed by atoms with Crippen LogP contribution < -0.4 is 0 Å². The molecule has 0 saturated carbocycles. The molecule has 5 heteroatoms. The Labute approximate surface area is 228 Å². The van der Waals surface area contributed by atoms with Crippen LogP contribution in [0.2, 0.25) is 0 Å². The van der Waals surface area contributed by atoms with Crippen molar-refractivity contribution in [2.24, 2.45) is 9.98 Å². The van der Waals surface area contributed by atoms with Crippen LogP contribution in [0.5, 0.6) is 0 Å². The molecule has 0 spiro atoms. The molecule has 189 valence electrons. The Bertz CT molecular complexity index is 1230. The van der Waals surface area contributed by atoms with Gasteiger partial charge in [0.05, 0.1) is 35.6 Å². The van der Waals surface area contributed by atoms with Crippen LogP contribution in [0.3, 0.4) is 0 Å². The number of hydrogen-bond acceptors (Lipinski definition) is 2. The molecule has 2 N–H and O–H groups in total. The van der Waals surface area contributed by atoms with Gasteiger partial charge in [0.15, 0.2) is 0 Å². The molecule has 0 atom stereocenters. The molecule has 4 nitrogen and oxygen atoms in total. The maximum Gasteiger partial charge on any atom is 0.329 e. The first kappa shape index (κ1) is 27.7. The second-order valence-electron chi connectivity index (χ2n) is 8.37. The van der Waals surface area contributed by atoms with Gasteiger partial charge in [0.25, 0.3) is 0 Å². The summed E-state index contributed by atoms with van der Waals surface area (Å²) in [7, 11) is 0. The topological polar surface area (TPSA) is 67.5 Å². The van der Waals surface area contributed by atoms with E-state index in [2.05, 4.69) is 0 Å². The summed E-state index contributed by atoms with van der Waals surface area (Å²) >= 11 is 0. The molecule has 0 aliphatic heterocycles. The second-order valence-corrected chi connectivity index (χ2v) is 8.37. The third kappa shape index (κ3) is 8.32. The number of carbonyl (C=O) groups excluding carboxylic acids is 2. The first-order valence-corrected chi connectivity index (χ1v) is 12.1. The molecule has 0 saturated heterocycles. The Morgan fingerprint density at radius 1 is 0.432 bits per heavy atom. The number of rotatable bonds is 11. The number of ketones is 2. The average Bonchev–Trinajstić information content (AvgIpc) is 2.95. The number of nitrogens with zero attached hydrogens (tertiary/aromatic N) is 2. The normalized spacial score (nSPS) is 11.5. The molecule has 1 radical (unpaired) electrons. The largest absolute Gasteiger partial charge is 0.329 e. The zero-order chi connectivity index (χ0) is 25.0. The van der Waals surface area contributed by atoms with Gasteiger partial charge in [-0.2, -0.15) is 0 Å². The molecular weight excluding hydrogens is 508 g/mol. The predicted molar refractivity (Wildman–Crippen MR) is 150 cm³/mol. The quantitative estimate of drug-likeness (QED) is 0.0748. The van der Waals surface area contributed by atoms with Gasteiger partial charge < -0.3 is 0 Å². The van der Waals surface area contributed by atoms with Crippen molar-refractivity contribution < 1.29 is 26.7 Å². The summed E-state index contributed by atoms with van der Waals surface area (Å²) in [5.74, 6) is 0.572. The Balaban J connectivity index is 0.00000380. The van der Waals surface area contributed by atoms with Gasteiger partial charge in [-0.1, -0.05) is 97.1 Å². The SMILES string of the molecule is [Cu].[OH+]=C(CC(=NCCN=C(CC(=[OH+])c1ccccc1)c1ccccc1)c1ccccc1)c1ccccc1. The summed E-state index contributed by atoms with van der Waals surface area (Å²) in [6.45, 7) is 0.934. The molecule has 4 rings (SSSR count). The number of benzene rings is 4. The van der Waals surface area contributed by atoms with Crippen LogP contribution in [-0.2, 0) is 17.1 Å². The average molecular weight is 538 g/mol. The van der Waals surface area contributed by atoms with Crippen LogP contribution in [0.1, 0.15) is 35.1 Å². The number of hydrogen-bond donors (Lipinski definition) is 0. The van der Waals surface area contributed by atoms with Crippen molar-refractivity contribution >= 4 is 23.0 Å².